The Kier molecular flexibility index (Phi) is 4.81. The average molecular weight is 290 g/mol. The third-order valence-electron chi connectivity index (χ3n) is 3.23. The summed E-state index contributed by atoms with van der Waals surface area (Å²) in [4.78, 5) is 1.46. The van der Waals surface area contributed by atoms with Crippen LogP contribution in [0.1, 0.15) is 25.6 Å². The van der Waals surface area contributed by atoms with E-state index in [2.05, 4.69) is 53.5 Å². The molecule has 1 unspecified atom stereocenters. The minimum atomic E-state index is 0.335. The van der Waals surface area contributed by atoms with Crippen molar-refractivity contribution in [3.8, 4) is 0 Å². The summed E-state index contributed by atoms with van der Waals surface area (Å²) in [5.74, 6) is 0.680. The van der Waals surface area contributed by atoms with Gasteiger partial charge in [-0.25, -0.2) is 0 Å². The number of halogens is 1. The number of thiophene rings is 1. The third kappa shape index (κ3) is 3.30. The molecule has 0 saturated heterocycles. The van der Waals surface area contributed by atoms with E-state index in [1.54, 1.807) is 0 Å². The zero-order chi connectivity index (χ0) is 11.5. The molecule has 1 N–H and O–H groups in total. The van der Waals surface area contributed by atoms with Gasteiger partial charge in [-0.2, -0.15) is 0 Å². The van der Waals surface area contributed by atoms with Crippen molar-refractivity contribution in [2.45, 2.75) is 27.2 Å². The quantitative estimate of drug-likeness (QED) is 0.866. The van der Waals surface area contributed by atoms with Crippen molar-refractivity contribution in [3.63, 3.8) is 0 Å². The molecule has 0 aliphatic rings. The van der Waals surface area contributed by atoms with Crippen LogP contribution in [0.15, 0.2) is 15.9 Å². The van der Waals surface area contributed by atoms with E-state index in [4.69, 9.17) is 0 Å². The standard InChI is InChI=1S/C12H20BrNS/c1-9(2)12(3,8-14-4)7-11-10(13)5-6-15-11/h5-6,9,14H,7-8H2,1-4H3. The fourth-order valence-electron chi connectivity index (χ4n) is 1.69. The molecule has 1 nitrogen and oxygen atoms in total. The molecule has 1 heterocycles. The molecular formula is C12H20BrNS. The van der Waals surface area contributed by atoms with Crippen LogP contribution in [-0.2, 0) is 6.42 Å². The van der Waals surface area contributed by atoms with Gasteiger partial charge in [-0.1, -0.05) is 20.8 Å². The predicted molar refractivity (Wildman–Crippen MR) is 72.6 cm³/mol. The summed E-state index contributed by atoms with van der Waals surface area (Å²) >= 11 is 5.45. The molecule has 1 rings (SSSR count). The fourth-order valence-corrected chi connectivity index (χ4v) is 3.38. The summed E-state index contributed by atoms with van der Waals surface area (Å²) in [5.41, 5.74) is 0.335. The first kappa shape index (κ1) is 13.2. The Bertz CT molecular complexity index is 308. The Morgan fingerprint density at radius 2 is 2.20 bits per heavy atom. The topological polar surface area (TPSA) is 12.0 Å². The minimum Gasteiger partial charge on any atom is -0.319 e. The summed E-state index contributed by atoms with van der Waals surface area (Å²) in [6.45, 7) is 8.03. The predicted octanol–water partition coefficient (Wildman–Crippen LogP) is 3.93. The molecule has 0 radical (unpaired) electrons. The summed E-state index contributed by atoms with van der Waals surface area (Å²) in [6, 6.07) is 2.14. The Balaban J connectivity index is 2.79. The van der Waals surface area contributed by atoms with Gasteiger partial charge in [0, 0.05) is 15.9 Å². The number of hydrogen-bond donors (Lipinski definition) is 1. The van der Waals surface area contributed by atoms with Gasteiger partial charge in [0.05, 0.1) is 0 Å². The second-order valence-corrected chi connectivity index (χ2v) is 6.56. The van der Waals surface area contributed by atoms with Crippen molar-refractivity contribution in [1.29, 1.82) is 0 Å². The Labute approximate surface area is 105 Å². The second kappa shape index (κ2) is 5.46. The van der Waals surface area contributed by atoms with Gasteiger partial charge in [-0.15, -0.1) is 11.3 Å². The Morgan fingerprint density at radius 3 is 2.60 bits per heavy atom. The van der Waals surface area contributed by atoms with Crippen LogP contribution in [0.4, 0.5) is 0 Å². The van der Waals surface area contributed by atoms with E-state index in [-0.39, 0.29) is 0 Å². The molecule has 0 amide bonds. The summed E-state index contributed by atoms with van der Waals surface area (Å²) < 4.78 is 1.26. The highest BCUT2D eigenvalue weighted by molar-refractivity contribution is 9.10. The van der Waals surface area contributed by atoms with Crippen molar-refractivity contribution < 1.29 is 0 Å². The van der Waals surface area contributed by atoms with Gasteiger partial charge in [-0.3, -0.25) is 0 Å². The van der Waals surface area contributed by atoms with Crippen LogP contribution < -0.4 is 5.32 Å². The van der Waals surface area contributed by atoms with Crippen molar-refractivity contribution in [2.75, 3.05) is 13.6 Å². The van der Waals surface area contributed by atoms with Gasteiger partial charge in [0.1, 0.15) is 0 Å². The SMILES string of the molecule is CNCC(C)(Cc1sccc1Br)C(C)C. The van der Waals surface area contributed by atoms with Crippen LogP contribution in [-0.4, -0.2) is 13.6 Å². The lowest BCUT2D eigenvalue weighted by Gasteiger charge is -2.33. The van der Waals surface area contributed by atoms with Crippen molar-refractivity contribution >= 4 is 27.3 Å². The maximum Gasteiger partial charge on any atom is 0.0314 e. The van der Waals surface area contributed by atoms with Crippen molar-refractivity contribution in [3.05, 3.63) is 20.8 Å². The molecule has 0 aliphatic heterocycles. The molecule has 1 aromatic heterocycles. The first-order valence-electron chi connectivity index (χ1n) is 5.36. The Hall–Kier alpha value is 0.140. The molecular weight excluding hydrogens is 270 g/mol. The minimum absolute atomic E-state index is 0.335. The van der Waals surface area contributed by atoms with Crippen LogP contribution in [0.2, 0.25) is 0 Å². The zero-order valence-corrected chi connectivity index (χ0v) is 12.3. The molecule has 0 saturated carbocycles. The van der Waals surface area contributed by atoms with Crippen LogP contribution in [0.3, 0.4) is 0 Å². The monoisotopic (exact) mass is 289 g/mol. The van der Waals surface area contributed by atoms with E-state index in [1.165, 1.54) is 9.35 Å². The maximum atomic E-state index is 3.61. The van der Waals surface area contributed by atoms with Gasteiger partial charge >= 0.3 is 0 Å². The average Bonchev–Trinajstić information content (AvgIpc) is 2.52. The lowest BCUT2D eigenvalue weighted by Crippen LogP contribution is -2.36. The summed E-state index contributed by atoms with van der Waals surface area (Å²) in [6.07, 6.45) is 1.14. The van der Waals surface area contributed by atoms with E-state index in [0.29, 0.717) is 11.3 Å². The highest BCUT2D eigenvalue weighted by Crippen LogP contribution is 2.35. The molecule has 1 aromatic rings. The lowest BCUT2D eigenvalue weighted by molar-refractivity contribution is 0.214. The van der Waals surface area contributed by atoms with E-state index < -0.39 is 0 Å². The van der Waals surface area contributed by atoms with Gasteiger partial charge < -0.3 is 5.32 Å². The first-order valence-corrected chi connectivity index (χ1v) is 7.03. The lowest BCUT2D eigenvalue weighted by atomic mass is 9.76. The molecule has 0 spiro atoms. The normalized spacial score (nSPS) is 15.6. The molecule has 0 aromatic carbocycles. The van der Waals surface area contributed by atoms with Gasteiger partial charge in [0.15, 0.2) is 0 Å². The summed E-state index contributed by atoms with van der Waals surface area (Å²) in [5, 5.41) is 5.46. The van der Waals surface area contributed by atoms with E-state index in [0.717, 1.165) is 13.0 Å². The van der Waals surface area contributed by atoms with Gasteiger partial charge in [-0.05, 0) is 52.2 Å². The number of rotatable bonds is 5. The molecule has 1 atom stereocenters. The zero-order valence-electron chi connectivity index (χ0n) is 9.93. The smallest absolute Gasteiger partial charge is 0.0314 e. The maximum absolute atomic E-state index is 3.61. The molecule has 15 heavy (non-hydrogen) atoms. The highest BCUT2D eigenvalue weighted by atomic mass is 79.9. The number of nitrogens with one attached hydrogen (secondary N) is 1. The number of hydrogen-bond acceptors (Lipinski definition) is 2. The molecule has 0 fully saturated rings. The molecule has 3 heteroatoms. The van der Waals surface area contributed by atoms with Gasteiger partial charge in [0.2, 0.25) is 0 Å². The van der Waals surface area contributed by atoms with E-state index in [9.17, 15) is 0 Å². The van der Waals surface area contributed by atoms with Crippen LogP contribution in [0, 0.1) is 11.3 Å². The van der Waals surface area contributed by atoms with E-state index >= 15 is 0 Å². The van der Waals surface area contributed by atoms with Crippen molar-refractivity contribution in [2.24, 2.45) is 11.3 Å². The molecule has 0 bridgehead atoms. The second-order valence-electron chi connectivity index (χ2n) is 4.71. The first-order chi connectivity index (χ1) is 6.99. The van der Waals surface area contributed by atoms with Crippen LogP contribution in [0.25, 0.3) is 0 Å². The summed E-state index contributed by atoms with van der Waals surface area (Å²) in [7, 11) is 2.03. The molecule has 86 valence electrons. The van der Waals surface area contributed by atoms with Crippen LogP contribution >= 0.6 is 27.3 Å². The van der Waals surface area contributed by atoms with E-state index in [1.807, 2.05) is 18.4 Å². The van der Waals surface area contributed by atoms with Gasteiger partial charge in [0.25, 0.3) is 0 Å². The Morgan fingerprint density at radius 1 is 1.53 bits per heavy atom. The fraction of sp³-hybridized carbons (Fsp3) is 0.667. The van der Waals surface area contributed by atoms with Crippen LogP contribution in [0.5, 0.6) is 0 Å². The molecule has 0 aliphatic carbocycles. The third-order valence-corrected chi connectivity index (χ3v) is 5.16. The van der Waals surface area contributed by atoms with Crippen molar-refractivity contribution in [1.82, 2.24) is 5.32 Å². The largest absolute Gasteiger partial charge is 0.319 e. The highest BCUT2D eigenvalue weighted by Gasteiger charge is 2.28.